The lowest BCUT2D eigenvalue weighted by molar-refractivity contribution is 0.102. The molecule has 0 bridgehead atoms. The van der Waals surface area contributed by atoms with E-state index in [0.29, 0.717) is 11.3 Å². The highest BCUT2D eigenvalue weighted by Gasteiger charge is 2.10. The van der Waals surface area contributed by atoms with E-state index in [1.807, 2.05) is 0 Å². The van der Waals surface area contributed by atoms with Crippen LogP contribution in [0.15, 0.2) is 42.5 Å². The highest BCUT2D eigenvalue weighted by molar-refractivity contribution is 6.04. The van der Waals surface area contributed by atoms with E-state index in [-0.39, 0.29) is 11.7 Å². The highest BCUT2D eigenvalue weighted by Crippen LogP contribution is 2.20. The third-order valence-electron chi connectivity index (χ3n) is 3.06. The number of amides is 1. The second-order valence-corrected chi connectivity index (χ2v) is 4.60. The van der Waals surface area contributed by atoms with E-state index in [4.69, 9.17) is 4.74 Å². The fourth-order valence-electron chi connectivity index (χ4n) is 1.85. The number of methoxy groups -OCH3 is 1. The first-order valence-electron chi connectivity index (χ1n) is 6.44. The summed E-state index contributed by atoms with van der Waals surface area (Å²) in [5.74, 6) is -0.861. The largest absolute Gasteiger partial charge is 0.494 e. The van der Waals surface area contributed by atoms with Crippen molar-refractivity contribution in [2.75, 3.05) is 12.4 Å². The van der Waals surface area contributed by atoms with Crippen LogP contribution in [-0.4, -0.2) is 18.1 Å². The molecule has 1 unspecified atom stereocenters. The van der Waals surface area contributed by atoms with Crippen LogP contribution >= 0.6 is 0 Å². The molecular weight excluding hydrogens is 273 g/mol. The van der Waals surface area contributed by atoms with Crippen molar-refractivity contribution in [1.82, 2.24) is 0 Å². The van der Waals surface area contributed by atoms with Gasteiger partial charge in [-0.3, -0.25) is 4.79 Å². The number of halogens is 1. The Balaban J connectivity index is 2.14. The molecular formula is C16H16FNO3. The quantitative estimate of drug-likeness (QED) is 0.909. The number of hydrogen-bond donors (Lipinski definition) is 2. The zero-order valence-corrected chi connectivity index (χ0v) is 11.8. The maximum Gasteiger partial charge on any atom is 0.255 e. The van der Waals surface area contributed by atoms with Gasteiger partial charge in [0.1, 0.15) is 0 Å². The van der Waals surface area contributed by atoms with Gasteiger partial charge in [0, 0.05) is 11.3 Å². The average Bonchev–Trinajstić information content (AvgIpc) is 2.48. The number of rotatable bonds is 4. The van der Waals surface area contributed by atoms with Crippen LogP contribution in [0.2, 0.25) is 0 Å². The lowest BCUT2D eigenvalue weighted by Crippen LogP contribution is -2.12. The Morgan fingerprint density at radius 3 is 2.48 bits per heavy atom. The molecule has 2 aromatic rings. The summed E-state index contributed by atoms with van der Waals surface area (Å²) >= 11 is 0. The number of carbonyl (C=O) groups is 1. The lowest BCUT2D eigenvalue weighted by Gasteiger charge is -2.09. The number of ether oxygens (including phenoxy) is 1. The molecule has 0 aliphatic heterocycles. The first kappa shape index (κ1) is 15.0. The minimum absolute atomic E-state index is 0.0205. The van der Waals surface area contributed by atoms with E-state index < -0.39 is 11.9 Å². The van der Waals surface area contributed by atoms with Gasteiger partial charge < -0.3 is 15.2 Å². The van der Waals surface area contributed by atoms with Gasteiger partial charge in [-0.2, -0.15) is 0 Å². The summed E-state index contributed by atoms with van der Waals surface area (Å²) in [4.78, 5) is 12.1. The van der Waals surface area contributed by atoms with Crippen LogP contribution in [0.3, 0.4) is 0 Å². The zero-order chi connectivity index (χ0) is 15.4. The van der Waals surface area contributed by atoms with Crippen molar-refractivity contribution in [1.29, 1.82) is 0 Å². The van der Waals surface area contributed by atoms with Crippen molar-refractivity contribution in [2.45, 2.75) is 13.0 Å². The molecule has 0 saturated heterocycles. The number of anilines is 1. The molecule has 4 nitrogen and oxygen atoms in total. The van der Waals surface area contributed by atoms with Crippen LogP contribution in [0, 0.1) is 5.82 Å². The molecule has 0 saturated carbocycles. The van der Waals surface area contributed by atoms with Gasteiger partial charge in [-0.1, -0.05) is 12.1 Å². The molecule has 0 heterocycles. The fourth-order valence-corrected chi connectivity index (χ4v) is 1.85. The number of aliphatic hydroxyl groups is 1. The molecule has 2 N–H and O–H groups in total. The molecule has 1 amide bonds. The Morgan fingerprint density at radius 1 is 1.24 bits per heavy atom. The van der Waals surface area contributed by atoms with E-state index in [0.717, 1.165) is 5.56 Å². The van der Waals surface area contributed by atoms with Crippen molar-refractivity contribution < 1.29 is 19.0 Å². The summed E-state index contributed by atoms with van der Waals surface area (Å²) in [6.45, 7) is 1.67. The van der Waals surface area contributed by atoms with Crippen molar-refractivity contribution in [3.63, 3.8) is 0 Å². The fraction of sp³-hybridized carbons (Fsp3) is 0.188. The number of aliphatic hydroxyl groups excluding tert-OH is 1. The van der Waals surface area contributed by atoms with Crippen molar-refractivity contribution in [2.24, 2.45) is 0 Å². The Morgan fingerprint density at radius 2 is 1.90 bits per heavy atom. The third-order valence-corrected chi connectivity index (χ3v) is 3.06. The van der Waals surface area contributed by atoms with Gasteiger partial charge >= 0.3 is 0 Å². The summed E-state index contributed by atoms with van der Waals surface area (Å²) in [6, 6.07) is 10.8. The summed E-state index contributed by atoms with van der Waals surface area (Å²) in [6.07, 6.45) is -0.559. The molecule has 110 valence electrons. The van der Waals surface area contributed by atoms with Crippen LogP contribution in [0.5, 0.6) is 5.75 Å². The van der Waals surface area contributed by atoms with E-state index in [1.54, 1.807) is 31.2 Å². The summed E-state index contributed by atoms with van der Waals surface area (Å²) in [5, 5.41) is 12.1. The number of benzene rings is 2. The predicted molar refractivity (Wildman–Crippen MR) is 78.0 cm³/mol. The maximum atomic E-state index is 13.3. The van der Waals surface area contributed by atoms with Crippen LogP contribution in [0.1, 0.15) is 28.9 Å². The molecule has 0 aromatic heterocycles. The summed E-state index contributed by atoms with van der Waals surface area (Å²) in [7, 11) is 1.34. The molecule has 0 radical (unpaired) electrons. The third kappa shape index (κ3) is 3.58. The second-order valence-electron chi connectivity index (χ2n) is 4.60. The maximum absolute atomic E-state index is 13.3. The molecule has 0 aliphatic carbocycles. The molecule has 0 spiro atoms. The van der Waals surface area contributed by atoms with Crippen molar-refractivity contribution >= 4 is 11.6 Å². The van der Waals surface area contributed by atoms with Crippen LogP contribution in [0.25, 0.3) is 0 Å². The van der Waals surface area contributed by atoms with Gasteiger partial charge in [0.2, 0.25) is 0 Å². The monoisotopic (exact) mass is 289 g/mol. The van der Waals surface area contributed by atoms with Gasteiger partial charge in [-0.25, -0.2) is 4.39 Å². The van der Waals surface area contributed by atoms with E-state index in [2.05, 4.69) is 5.32 Å². The molecule has 5 heteroatoms. The van der Waals surface area contributed by atoms with Crippen molar-refractivity contribution in [3.05, 3.63) is 59.4 Å². The summed E-state index contributed by atoms with van der Waals surface area (Å²) < 4.78 is 18.1. The van der Waals surface area contributed by atoms with Gasteiger partial charge in [-0.15, -0.1) is 0 Å². The SMILES string of the molecule is COc1cc(C(=O)Nc2ccc(C(C)O)cc2)ccc1F. The Labute approximate surface area is 122 Å². The minimum Gasteiger partial charge on any atom is -0.494 e. The van der Waals surface area contributed by atoms with Crippen LogP contribution in [-0.2, 0) is 0 Å². The predicted octanol–water partition coefficient (Wildman–Crippen LogP) is 3.14. The smallest absolute Gasteiger partial charge is 0.255 e. The Hall–Kier alpha value is -2.40. The second kappa shape index (κ2) is 6.37. The first-order chi connectivity index (χ1) is 10.0. The molecule has 1 atom stereocenters. The van der Waals surface area contributed by atoms with E-state index in [9.17, 15) is 14.3 Å². The Bertz CT molecular complexity index is 638. The number of hydrogen-bond acceptors (Lipinski definition) is 3. The molecule has 2 rings (SSSR count). The first-order valence-corrected chi connectivity index (χ1v) is 6.44. The van der Waals surface area contributed by atoms with Gasteiger partial charge in [0.15, 0.2) is 11.6 Å². The standard InChI is InChI=1S/C16H16FNO3/c1-10(19)11-3-6-13(7-4-11)18-16(20)12-5-8-14(17)15(9-12)21-2/h3-10,19H,1-2H3,(H,18,20). The highest BCUT2D eigenvalue weighted by atomic mass is 19.1. The topological polar surface area (TPSA) is 58.6 Å². The Kier molecular flexibility index (Phi) is 4.55. The lowest BCUT2D eigenvalue weighted by atomic mass is 10.1. The number of carbonyl (C=O) groups excluding carboxylic acids is 1. The van der Waals surface area contributed by atoms with Crippen molar-refractivity contribution in [3.8, 4) is 5.75 Å². The normalized spacial score (nSPS) is 11.8. The van der Waals surface area contributed by atoms with Crippen LogP contribution in [0.4, 0.5) is 10.1 Å². The summed E-state index contributed by atoms with van der Waals surface area (Å²) in [5.41, 5.74) is 1.65. The van der Waals surface area contributed by atoms with Gasteiger partial charge in [0.05, 0.1) is 13.2 Å². The zero-order valence-electron chi connectivity index (χ0n) is 11.8. The van der Waals surface area contributed by atoms with Gasteiger partial charge in [0.25, 0.3) is 5.91 Å². The molecule has 0 aliphatic rings. The molecule has 0 fully saturated rings. The number of nitrogens with one attached hydrogen (secondary N) is 1. The van der Waals surface area contributed by atoms with Crippen LogP contribution < -0.4 is 10.1 Å². The molecule has 2 aromatic carbocycles. The minimum atomic E-state index is -0.559. The van der Waals surface area contributed by atoms with E-state index >= 15 is 0 Å². The molecule has 21 heavy (non-hydrogen) atoms. The average molecular weight is 289 g/mol. The van der Waals surface area contributed by atoms with E-state index in [1.165, 1.54) is 25.3 Å². The van der Waals surface area contributed by atoms with Gasteiger partial charge in [-0.05, 0) is 42.8 Å².